The summed E-state index contributed by atoms with van der Waals surface area (Å²) in [6, 6.07) is 3.51. The molecule has 5 heteroatoms. The zero-order chi connectivity index (χ0) is 13.7. The van der Waals surface area contributed by atoms with Crippen molar-refractivity contribution >= 4 is 0 Å². The third-order valence-electron chi connectivity index (χ3n) is 3.43. The van der Waals surface area contributed by atoms with Gasteiger partial charge in [-0.1, -0.05) is 0 Å². The van der Waals surface area contributed by atoms with Gasteiger partial charge in [0.2, 0.25) is 0 Å². The maximum atomic E-state index is 12.8. The van der Waals surface area contributed by atoms with Crippen LogP contribution in [0.25, 0.3) is 0 Å². The van der Waals surface area contributed by atoms with Crippen molar-refractivity contribution in [2.24, 2.45) is 0 Å². The van der Waals surface area contributed by atoms with Gasteiger partial charge in [-0.15, -0.1) is 0 Å². The van der Waals surface area contributed by atoms with Crippen molar-refractivity contribution < 1.29 is 14.2 Å². The highest BCUT2D eigenvalue weighted by molar-refractivity contribution is 5.08. The molecule has 1 atom stereocenters. The fraction of sp³-hybridized carbons (Fsp3) is 0.643. The van der Waals surface area contributed by atoms with Crippen LogP contribution in [0.2, 0.25) is 0 Å². The van der Waals surface area contributed by atoms with E-state index in [-0.39, 0.29) is 5.82 Å². The van der Waals surface area contributed by atoms with Crippen LogP contribution in [0.1, 0.15) is 31.1 Å². The van der Waals surface area contributed by atoms with E-state index in [1.165, 1.54) is 25.0 Å². The zero-order valence-electron chi connectivity index (χ0n) is 11.3. The number of methoxy groups -OCH3 is 1. The smallest absolute Gasteiger partial charge is 0.141 e. The Labute approximate surface area is 113 Å². The van der Waals surface area contributed by atoms with Crippen molar-refractivity contribution in [3.05, 3.63) is 29.8 Å². The first-order chi connectivity index (χ1) is 9.20. The number of aliphatic hydroxyl groups is 1. The molecule has 0 spiro atoms. The highest BCUT2D eigenvalue weighted by Crippen LogP contribution is 2.27. The molecule has 1 aliphatic carbocycles. The van der Waals surface area contributed by atoms with Gasteiger partial charge < -0.3 is 9.84 Å². The quantitative estimate of drug-likeness (QED) is 0.780. The van der Waals surface area contributed by atoms with Crippen LogP contribution < -0.4 is 0 Å². The number of aromatic nitrogens is 1. The van der Waals surface area contributed by atoms with E-state index in [1.54, 1.807) is 7.11 Å². The summed E-state index contributed by atoms with van der Waals surface area (Å²) in [5.41, 5.74) is 0.531. The number of nitrogens with zero attached hydrogens (tertiary/aromatic N) is 2. The predicted octanol–water partition coefficient (Wildman–Crippen LogP) is 1.76. The molecule has 1 N–H and O–H groups in total. The molecule has 1 heterocycles. The van der Waals surface area contributed by atoms with Crippen LogP contribution in [-0.4, -0.2) is 47.8 Å². The molecule has 1 aliphatic rings. The molecule has 0 aliphatic heterocycles. The Morgan fingerprint density at radius 1 is 1.47 bits per heavy atom. The van der Waals surface area contributed by atoms with E-state index < -0.39 is 6.10 Å². The first kappa shape index (κ1) is 14.4. The number of aliphatic hydroxyl groups excluding tert-OH is 1. The zero-order valence-corrected chi connectivity index (χ0v) is 11.3. The number of pyridine rings is 1. The van der Waals surface area contributed by atoms with E-state index in [4.69, 9.17) is 4.74 Å². The average molecular weight is 268 g/mol. The average Bonchev–Trinajstić information content (AvgIpc) is 3.24. The lowest BCUT2D eigenvalue weighted by Crippen LogP contribution is -2.31. The van der Waals surface area contributed by atoms with Crippen LogP contribution in [0.4, 0.5) is 4.39 Å². The Bertz CT molecular complexity index is 382. The Hall–Kier alpha value is -1.04. The fourth-order valence-electron chi connectivity index (χ4n) is 2.15. The second kappa shape index (κ2) is 6.93. The van der Waals surface area contributed by atoms with Crippen LogP contribution in [0, 0.1) is 5.82 Å². The molecule has 1 unspecified atom stereocenters. The monoisotopic (exact) mass is 268 g/mol. The summed E-state index contributed by atoms with van der Waals surface area (Å²) in [4.78, 5) is 6.25. The summed E-state index contributed by atoms with van der Waals surface area (Å²) in [7, 11) is 1.70. The minimum absolute atomic E-state index is 0.379. The molecular weight excluding hydrogens is 247 g/mol. The summed E-state index contributed by atoms with van der Waals surface area (Å²) in [6.07, 6.45) is 3.58. The molecule has 0 radical (unpaired) electrons. The molecule has 0 aromatic carbocycles. The van der Waals surface area contributed by atoms with E-state index in [0.29, 0.717) is 24.8 Å². The Balaban J connectivity index is 1.80. The number of ether oxygens (including phenoxy) is 1. The van der Waals surface area contributed by atoms with Crippen LogP contribution in [0.5, 0.6) is 0 Å². The summed E-state index contributed by atoms with van der Waals surface area (Å²) < 4.78 is 17.8. The molecule has 106 valence electrons. The highest BCUT2D eigenvalue weighted by Gasteiger charge is 2.28. The maximum Gasteiger partial charge on any atom is 0.141 e. The van der Waals surface area contributed by atoms with Crippen molar-refractivity contribution in [2.45, 2.75) is 31.4 Å². The Kier molecular flexibility index (Phi) is 5.24. The lowest BCUT2D eigenvalue weighted by molar-refractivity contribution is 0.112. The minimum Gasteiger partial charge on any atom is -0.387 e. The molecule has 1 aromatic heterocycles. The van der Waals surface area contributed by atoms with Gasteiger partial charge in [0.15, 0.2) is 0 Å². The number of halogens is 1. The van der Waals surface area contributed by atoms with E-state index in [0.717, 1.165) is 19.3 Å². The van der Waals surface area contributed by atoms with E-state index >= 15 is 0 Å². The van der Waals surface area contributed by atoms with Gasteiger partial charge in [-0.3, -0.25) is 9.88 Å². The molecule has 0 bridgehead atoms. The van der Waals surface area contributed by atoms with Gasteiger partial charge in [-0.2, -0.15) is 0 Å². The van der Waals surface area contributed by atoms with Gasteiger partial charge in [-0.25, -0.2) is 4.39 Å². The van der Waals surface area contributed by atoms with E-state index in [2.05, 4.69) is 9.88 Å². The van der Waals surface area contributed by atoms with Crippen LogP contribution in [0.15, 0.2) is 18.3 Å². The molecule has 1 fully saturated rings. The van der Waals surface area contributed by atoms with E-state index in [9.17, 15) is 9.50 Å². The number of rotatable bonds is 8. The second-order valence-corrected chi connectivity index (χ2v) is 4.97. The Morgan fingerprint density at radius 3 is 2.84 bits per heavy atom. The van der Waals surface area contributed by atoms with Gasteiger partial charge in [0.1, 0.15) is 5.82 Å². The summed E-state index contributed by atoms with van der Waals surface area (Å²) in [5, 5.41) is 10.0. The third kappa shape index (κ3) is 4.53. The van der Waals surface area contributed by atoms with Crippen molar-refractivity contribution in [1.29, 1.82) is 0 Å². The minimum atomic E-state index is -0.635. The molecule has 2 rings (SSSR count). The normalized spacial score (nSPS) is 16.8. The van der Waals surface area contributed by atoms with Crippen LogP contribution >= 0.6 is 0 Å². The summed E-state index contributed by atoms with van der Waals surface area (Å²) in [6.45, 7) is 2.42. The van der Waals surface area contributed by atoms with E-state index in [1.807, 2.05) is 0 Å². The fourth-order valence-corrected chi connectivity index (χ4v) is 2.15. The molecule has 0 amide bonds. The van der Waals surface area contributed by atoms with Crippen molar-refractivity contribution in [3.63, 3.8) is 0 Å². The topological polar surface area (TPSA) is 45.6 Å². The summed E-state index contributed by atoms with van der Waals surface area (Å²) >= 11 is 0. The van der Waals surface area contributed by atoms with Crippen LogP contribution in [0.3, 0.4) is 0 Å². The largest absolute Gasteiger partial charge is 0.387 e. The van der Waals surface area contributed by atoms with Gasteiger partial charge in [-0.05, 0) is 31.4 Å². The molecular formula is C14H21FN2O2. The maximum absolute atomic E-state index is 12.8. The molecule has 19 heavy (non-hydrogen) atoms. The molecule has 1 saturated carbocycles. The van der Waals surface area contributed by atoms with Crippen molar-refractivity contribution in [1.82, 2.24) is 9.88 Å². The summed E-state index contributed by atoms with van der Waals surface area (Å²) in [5.74, 6) is -0.379. The van der Waals surface area contributed by atoms with Gasteiger partial charge in [0.25, 0.3) is 0 Å². The van der Waals surface area contributed by atoms with Crippen molar-refractivity contribution in [2.75, 3.05) is 26.8 Å². The predicted molar refractivity (Wildman–Crippen MR) is 70.2 cm³/mol. The molecule has 1 aromatic rings. The Morgan fingerprint density at radius 2 is 2.26 bits per heavy atom. The van der Waals surface area contributed by atoms with Gasteiger partial charge in [0.05, 0.1) is 24.6 Å². The van der Waals surface area contributed by atoms with Crippen molar-refractivity contribution in [3.8, 4) is 0 Å². The third-order valence-corrected chi connectivity index (χ3v) is 3.43. The first-order valence-electron chi connectivity index (χ1n) is 6.73. The lowest BCUT2D eigenvalue weighted by Gasteiger charge is -2.22. The molecule has 4 nitrogen and oxygen atoms in total. The lowest BCUT2D eigenvalue weighted by atomic mass is 10.1. The second-order valence-electron chi connectivity index (χ2n) is 4.97. The SMILES string of the molecule is COCCN(CCC(O)c1ccc(F)cn1)C1CC1. The van der Waals surface area contributed by atoms with Gasteiger partial charge in [0, 0.05) is 26.2 Å². The number of hydrogen-bond donors (Lipinski definition) is 1. The number of hydrogen-bond acceptors (Lipinski definition) is 4. The standard InChI is InChI=1S/C14H21FN2O2/c1-19-9-8-17(12-3-4-12)7-6-14(18)13-5-2-11(15)10-16-13/h2,5,10,12,14,18H,3-4,6-9H2,1H3. The van der Waals surface area contributed by atoms with Gasteiger partial charge >= 0.3 is 0 Å². The first-order valence-corrected chi connectivity index (χ1v) is 6.73. The van der Waals surface area contributed by atoms with Crippen LogP contribution in [-0.2, 0) is 4.74 Å². The highest BCUT2D eigenvalue weighted by atomic mass is 19.1. The molecule has 0 saturated heterocycles.